The van der Waals surface area contributed by atoms with E-state index in [1.165, 1.54) is 22.8 Å². The molecule has 2 aromatic heterocycles. The highest BCUT2D eigenvalue weighted by Crippen LogP contribution is 2.35. The monoisotopic (exact) mass is 567 g/mol. The summed E-state index contributed by atoms with van der Waals surface area (Å²) in [6, 6.07) is 5.36. The van der Waals surface area contributed by atoms with Crippen LogP contribution < -0.4 is 20.5 Å². The van der Waals surface area contributed by atoms with E-state index in [0.717, 1.165) is 38.6 Å². The Hall–Kier alpha value is -3.36. The van der Waals surface area contributed by atoms with Crippen molar-refractivity contribution in [2.75, 3.05) is 36.6 Å². The summed E-state index contributed by atoms with van der Waals surface area (Å²) in [6.45, 7) is 2.60. The zero-order valence-corrected chi connectivity index (χ0v) is 21.8. The zero-order chi connectivity index (χ0) is 27.8. The van der Waals surface area contributed by atoms with Gasteiger partial charge in [0.1, 0.15) is 11.9 Å². The Morgan fingerprint density at radius 2 is 1.87 bits per heavy atom. The van der Waals surface area contributed by atoms with E-state index in [4.69, 9.17) is 10.5 Å². The number of hydrogen-bond acceptors (Lipinski definition) is 7. The normalized spacial score (nSPS) is 18.5. The molecule has 4 N–H and O–H groups in total. The number of nitrogens with zero attached hydrogens (tertiary/aromatic N) is 4. The largest absolute Gasteiger partial charge is 0.435 e. The van der Waals surface area contributed by atoms with E-state index in [-0.39, 0.29) is 11.8 Å². The van der Waals surface area contributed by atoms with Crippen molar-refractivity contribution in [1.29, 1.82) is 0 Å². The van der Waals surface area contributed by atoms with Crippen LogP contribution in [0.5, 0.6) is 11.6 Å². The highest BCUT2D eigenvalue weighted by molar-refractivity contribution is 7.84. The number of hydrogen-bond donors (Lipinski definition) is 3. The van der Waals surface area contributed by atoms with Crippen LogP contribution >= 0.6 is 0 Å². The van der Waals surface area contributed by atoms with Crippen LogP contribution in [0.3, 0.4) is 0 Å². The molecular weight excluding hydrogens is 538 g/mol. The van der Waals surface area contributed by atoms with Gasteiger partial charge in [0, 0.05) is 38.1 Å². The van der Waals surface area contributed by atoms with Gasteiger partial charge in [-0.1, -0.05) is 6.42 Å². The van der Waals surface area contributed by atoms with E-state index in [9.17, 15) is 21.8 Å². The number of anilines is 2. The van der Waals surface area contributed by atoms with Gasteiger partial charge < -0.3 is 15.8 Å². The van der Waals surface area contributed by atoms with Crippen molar-refractivity contribution in [1.82, 2.24) is 24.6 Å². The molecule has 3 aromatic rings. The van der Waals surface area contributed by atoms with E-state index in [0.29, 0.717) is 37.0 Å². The fraction of sp³-hybridized carbons (Fsp3) is 0.400. The topological polar surface area (TPSA) is 118 Å². The number of nitrogen functional groups attached to an aromatic ring is 1. The molecule has 14 heteroatoms. The Kier molecular flexibility index (Phi) is 10.0. The van der Waals surface area contributed by atoms with E-state index in [1.54, 1.807) is 12.1 Å². The van der Waals surface area contributed by atoms with Crippen molar-refractivity contribution >= 4 is 22.8 Å². The molecule has 0 bridgehead atoms. The van der Waals surface area contributed by atoms with E-state index < -0.39 is 46.2 Å². The number of pyridine rings is 1. The molecule has 39 heavy (non-hydrogen) atoms. The van der Waals surface area contributed by atoms with Crippen molar-refractivity contribution < 1.29 is 26.5 Å². The predicted molar refractivity (Wildman–Crippen MR) is 140 cm³/mol. The Bertz CT molecular complexity index is 1290. The molecule has 1 aromatic carbocycles. The van der Waals surface area contributed by atoms with Crippen LogP contribution in [0.4, 0.5) is 29.2 Å². The molecule has 0 spiro atoms. The number of nitrogens with one attached hydrogen (secondary N) is 2. The first-order valence-corrected chi connectivity index (χ1v) is 13.6. The number of ether oxygens (including phenoxy) is 1. The van der Waals surface area contributed by atoms with Crippen LogP contribution in [0.25, 0.3) is 11.3 Å². The summed E-state index contributed by atoms with van der Waals surface area (Å²) in [4.78, 5) is 11.9. The van der Waals surface area contributed by atoms with Gasteiger partial charge in [0.15, 0.2) is 28.6 Å². The lowest BCUT2D eigenvalue weighted by Crippen LogP contribution is -2.35. The van der Waals surface area contributed by atoms with Crippen LogP contribution in [-0.4, -0.2) is 55.8 Å². The summed E-state index contributed by atoms with van der Waals surface area (Å²) in [5, 5.41) is 2.96. The number of benzene rings is 1. The smallest absolute Gasteiger partial charge is 0.228 e. The van der Waals surface area contributed by atoms with Gasteiger partial charge in [0.25, 0.3) is 0 Å². The Labute approximate surface area is 225 Å². The summed E-state index contributed by atoms with van der Waals surface area (Å²) >= 11 is -1.90. The molecule has 2 saturated heterocycles. The summed E-state index contributed by atoms with van der Waals surface area (Å²) < 4.78 is 77.7. The van der Waals surface area contributed by atoms with Gasteiger partial charge in [0.05, 0.1) is 11.3 Å². The molecule has 0 radical (unpaired) electrons. The number of alkyl halides is 1. The minimum atomic E-state index is -1.90. The molecule has 9 nitrogen and oxygen atoms in total. The molecular formula is C25H29F4N7O2S. The average molecular weight is 568 g/mol. The molecule has 4 heterocycles. The average Bonchev–Trinajstić information content (AvgIpc) is 2.95. The zero-order valence-electron chi connectivity index (χ0n) is 21.0. The van der Waals surface area contributed by atoms with Crippen LogP contribution in [0.2, 0.25) is 0 Å². The lowest BCUT2D eigenvalue weighted by atomic mass is 10.1. The molecule has 2 aliphatic rings. The van der Waals surface area contributed by atoms with E-state index >= 15 is 0 Å². The molecule has 0 amide bonds. The highest BCUT2D eigenvalue weighted by Gasteiger charge is 2.25. The van der Waals surface area contributed by atoms with Gasteiger partial charge in [-0.25, -0.2) is 36.6 Å². The maximum Gasteiger partial charge on any atom is 0.228 e. The summed E-state index contributed by atoms with van der Waals surface area (Å²) in [5.74, 6) is -5.03. The van der Waals surface area contributed by atoms with Crippen LogP contribution in [0.1, 0.15) is 32.1 Å². The number of piperidine rings is 2. The maximum atomic E-state index is 14.7. The Balaban J connectivity index is 0.000000438. The van der Waals surface area contributed by atoms with Crippen LogP contribution in [-0.2, 0) is 11.2 Å². The third kappa shape index (κ3) is 7.61. The fourth-order valence-corrected chi connectivity index (χ4v) is 5.11. The SMILES string of the molecule is FC1CCCNC1.Nc1nccc(-c2cccnc2Oc2cc(F)c(NS(=O)N3CCCCC3)c(F)c2F)n1. The van der Waals surface area contributed by atoms with Gasteiger partial charge in [-0.05, 0) is 50.4 Å². The number of rotatable bonds is 6. The van der Waals surface area contributed by atoms with E-state index in [2.05, 4.69) is 25.0 Å². The molecule has 2 unspecified atom stereocenters. The van der Waals surface area contributed by atoms with Gasteiger partial charge in [-0.2, -0.15) is 4.39 Å². The first-order chi connectivity index (χ1) is 18.8. The summed E-state index contributed by atoms with van der Waals surface area (Å²) in [6.07, 6.45) is 6.60. The van der Waals surface area contributed by atoms with Crippen molar-refractivity contribution in [3.8, 4) is 22.9 Å². The molecule has 0 aliphatic carbocycles. The quantitative estimate of drug-likeness (QED) is 0.296. The second-order valence-corrected chi connectivity index (χ2v) is 10.1. The number of nitrogens with two attached hydrogens (primary N) is 1. The Morgan fingerprint density at radius 1 is 1.08 bits per heavy atom. The van der Waals surface area contributed by atoms with Gasteiger partial charge in [0.2, 0.25) is 17.6 Å². The van der Waals surface area contributed by atoms with Crippen molar-refractivity contribution in [3.63, 3.8) is 0 Å². The first kappa shape index (κ1) is 28.6. The molecule has 2 atom stereocenters. The third-order valence-electron chi connectivity index (χ3n) is 6.03. The molecule has 5 rings (SSSR count). The van der Waals surface area contributed by atoms with Gasteiger partial charge in [-0.3, -0.25) is 4.72 Å². The predicted octanol–water partition coefficient (Wildman–Crippen LogP) is 4.51. The lowest BCUT2D eigenvalue weighted by Gasteiger charge is -2.25. The van der Waals surface area contributed by atoms with Crippen molar-refractivity contribution in [2.24, 2.45) is 0 Å². The van der Waals surface area contributed by atoms with Crippen molar-refractivity contribution in [3.05, 3.63) is 54.1 Å². The van der Waals surface area contributed by atoms with Crippen molar-refractivity contribution in [2.45, 2.75) is 38.3 Å². The summed E-state index contributed by atoms with van der Waals surface area (Å²) in [5.41, 5.74) is 5.41. The second kappa shape index (κ2) is 13.6. The van der Waals surface area contributed by atoms with Crippen LogP contribution in [0.15, 0.2) is 36.7 Å². The molecule has 2 aliphatic heterocycles. The van der Waals surface area contributed by atoms with Crippen LogP contribution in [0, 0.1) is 17.5 Å². The first-order valence-electron chi connectivity index (χ1n) is 12.5. The minimum absolute atomic E-state index is 0.00212. The lowest BCUT2D eigenvalue weighted by molar-refractivity contribution is 0.266. The van der Waals surface area contributed by atoms with Gasteiger partial charge in [-0.15, -0.1) is 0 Å². The van der Waals surface area contributed by atoms with E-state index in [1.807, 2.05) is 0 Å². The van der Waals surface area contributed by atoms with Gasteiger partial charge >= 0.3 is 0 Å². The maximum absolute atomic E-state index is 14.7. The second-order valence-electron chi connectivity index (χ2n) is 8.90. The molecule has 210 valence electrons. The molecule has 0 saturated carbocycles. The number of aromatic nitrogens is 3. The standard InChI is InChI=1S/C20H19F3N6O2S.C5H10FN/c21-13-11-15(16(22)17(23)18(13)28-32(30)29-9-2-1-3-10-29)31-19-12(5-4-7-25-19)14-6-8-26-20(24)27-14;6-5-2-1-3-7-4-5/h4-8,11,28H,1-3,9-10H2,(H2,24,26,27);5,7H,1-4H2. The summed E-state index contributed by atoms with van der Waals surface area (Å²) in [7, 11) is 0. The minimum Gasteiger partial charge on any atom is -0.435 e. The highest BCUT2D eigenvalue weighted by atomic mass is 32.2. The molecule has 2 fully saturated rings. The fourth-order valence-electron chi connectivity index (χ4n) is 4.03. The third-order valence-corrected chi connectivity index (χ3v) is 7.24. The number of halogens is 4. The Morgan fingerprint density at radius 3 is 2.54 bits per heavy atom.